The van der Waals surface area contributed by atoms with E-state index in [0.29, 0.717) is 0 Å². The summed E-state index contributed by atoms with van der Waals surface area (Å²) in [4.78, 5) is 31.5. The molecule has 3 rings (SSSR count). The van der Waals surface area contributed by atoms with Gasteiger partial charge in [-0.2, -0.15) is 0 Å². The fourth-order valence-electron chi connectivity index (χ4n) is 4.69. The number of nitrogens with zero attached hydrogens (tertiary/aromatic N) is 6. The highest BCUT2D eigenvalue weighted by molar-refractivity contribution is 5.95. The molecule has 0 radical (unpaired) electrons. The molecule has 35 heavy (non-hydrogen) atoms. The van der Waals surface area contributed by atoms with Gasteiger partial charge >= 0.3 is 0 Å². The van der Waals surface area contributed by atoms with Gasteiger partial charge in [-0.05, 0) is 22.2 Å². The number of hydrogen-bond acceptors (Lipinski definition) is 8. The van der Waals surface area contributed by atoms with Gasteiger partial charge in [0, 0.05) is 15.2 Å². The van der Waals surface area contributed by atoms with E-state index in [-0.39, 0.29) is 11.1 Å². The second kappa shape index (κ2) is 9.47. The lowest BCUT2D eigenvalue weighted by atomic mass is 9.89. The number of Topliss-reactive ketones (excluding diaryl/α,β-unsaturated/α-hetero) is 2. The van der Waals surface area contributed by atoms with Crippen LogP contribution >= 0.6 is 0 Å². The van der Waals surface area contributed by atoms with Crippen molar-refractivity contribution in [2.24, 2.45) is 15.6 Å². The molecule has 0 spiro atoms. The van der Waals surface area contributed by atoms with Crippen molar-refractivity contribution in [2.75, 3.05) is 0 Å². The summed E-state index contributed by atoms with van der Waals surface area (Å²) in [5.41, 5.74) is 11.5. The summed E-state index contributed by atoms with van der Waals surface area (Å²) in [5, 5.41) is 51.0. The van der Waals surface area contributed by atoms with E-state index in [2.05, 4.69) is 20.1 Å². The highest BCUT2D eigenvalue weighted by atomic mass is 16.4. The Balaban J connectivity index is 2.06. The fourth-order valence-corrected chi connectivity index (χ4v) is 4.69. The molecule has 2 aromatic rings. The van der Waals surface area contributed by atoms with Crippen molar-refractivity contribution in [1.82, 2.24) is 0 Å². The van der Waals surface area contributed by atoms with Crippen LogP contribution in [-0.2, 0) is 9.59 Å². The number of carbonyl (C=O) groups excluding carboxylic acids is 2. The minimum Gasteiger partial charge on any atom is -0.385 e. The lowest BCUT2D eigenvalue weighted by molar-refractivity contribution is -0.139. The lowest BCUT2D eigenvalue weighted by Gasteiger charge is -2.27. The number of carbonyl (C=O) groups is 2. The highest BCUT2D eigenvalue weighted by Crippen LogP contribution is 2.69. The van der Waals surface area contributed by atoms with Gasteiger partial charge < -0.3 is 20.4 Å². The van der Waals surface area contributed by atoms with Crippen molar-refractivity contribution in [3.63, 3.8) is 0 Å². The summed E-state index contributed by atoms with van der Waals surface area (Å²) in [6.07, 6.45) is -3.67. The average Bonchev–Trinajstić information content (AvgIpc) is 3.24. The zero-order valence-electron chi connectivity index (χ0n) is 18.9. The van der Waals surface area contributed by atoms with E-state index in [4.69, 9.17) is 11.1 Å². The SMILES string of the molecule is CC1(C)[C@@](O)([C@H](N=[N+]=[N-])C(=O)C(O)c2ccccc2)[C@]1(O)[C@H](N=[N+]=[N-])C(=O)C(O)c1ccccc1. The Hall–Kier alpha value is -3.76. The van der Waals surface area contributed by atoms with E-state index >= 15 is 0 Å². The third-order valence-electron chi connectivity index (χ3n) is 6.86. The Morgan fingerprint density at radius 1 is 0.743 bits per heavy atom. The van der Waals surface area contributed by atoms with Crippen molar-refractivity contribution in [3.8, 4) is 0 Å². The van der Waals surface area contributed by atoms with Gasteiger partial charge in [0.1, 0.15) is 35.5 Å². The summed E-state index contributed by atoms with van der Waals surface area (Å²) in [7, 11) is 0. The Morgan fingerprint density at radius 3 is 1.34 bits per heavy atom. The first-order chi connectivity index (χ1) is 16.5. The molecule has 0 heterocycles. The number of aliphatic hydroxyl groups excluding tert-OH is 2. The lowest BCUT2D eigenvalue weighted by Crippen LogP contribution is -2.50. The third-order valence-corrected chi connectivity index (χ3v) is 6.86. The van der Waals surface area contributed by atoms with E-state index in [9.17, 15) is 30.0 Å². The van der Waals surface area contributed by atoms with Crippen LogP contribution in [0.25, 0.3) is 20.9 Å². The van der Waals surface area contributed by atoms with Gasteiger partial charge in [-0.1, -0.05) is 84.7 Å². The van der Waals surface area contributed by atoms with Crippen LogP contribution in [0.2, 0.25) is 0 Å². The summed E-state index contributed by atoms with van der Waals surface area (Å²) < 4.78 is 0. The molecule has 1 aliphatic rings. The Morgan fingerprint density at radius 2 is 1.06 bits per heavy atom. The molecule has 2 aromatic carbocycles. The molecule has 0 aromatic heterocycles. The standard InChI is InChI=1S/C23H24N6O6/c1-21(2)22(34,19(26-28-24)17(32)15(30)13-9-5-3-6-10-13)23(21,35)20(27-29-25)18(33)16(31)14-11-7-4-8-12-14/h3-12,15-16,19-20,30-31,34-35H,1-2H3/t15?,16?,19-,20-,22+,23+/m1/s1. The van der Waals surface area contributed by atoms with Gasteiger partial charge in [0.2, 0.25) is 0 Å². The van der Waals surface area contributed by atoms with E-state index in [0.717, 1.165) is 0 Å². The van der Waals surface area contributed by atoms with Crippen LogP contribution < -0.4 is 0 Å². The summed E-state index contributed by atoms with van der Waals surface area (Å²) in [6, 6.07) is 11.1. The zero-order chi connectivity index (χ0) is 26.0. The van der Waals surface area contributed by atoms with E-state index in [1.165, 1.54) is 38.1 Å². The van der Waals surface area contributed by atoms with Crippen LogP contribution in [0.3, 0.4) is 0 Å². The maximum absolute atomic E-state index is 13.2. The van der Waals surface area contributed by atoms with Crippen LogP contribution in [0.15, 0.2) is 70.9 Å². The molecule has 182 valence electrons. The average molecular weight is 480 g/mol. The maximum Gasteiger partial charge on any atom is 0.177 e. The van der Waals surface area contributed by atoms with E-state index in [1.54, 1.807) is 36.4 Å². The number of aliphatic hydroxyl groups is 4. The van der Waals surface area contributed by atoms with Crippen LogP contribution in [-0.4, -0.2) is 55.3 Å². The van der Waals surface area contributed by atoms with Crippen LogP contribution in [0.1, 0.15) is 37.2 Å². The van der Waals surface area contributed by atoms with Gasteiger partial charge in [-0.15, -0.1) is 0 Å². The van der Waals surface area contributed by atoms with Crippen LogP contribution in [0, 0.1) is 5.41 Å². The second-order valence-electron chi connectivity index (χ2n) is 8.80. The maximum atomic E-state index is 13.2. The molecular weight excluding hydrogens is 456 g/mol. The fraction of sp³-hybridized carbons (Fsp3) is 0.391. The summed E-state index contributed by atoms with van der Waals surface area (Å²) >= 11 is 0. The topological polar surface area (TPSA) is 213 Å². The zero-order valence-corrected chi connectivity index (χ0v) is 18.9. The number of benzene rings is 2. The minimum absolute atomic E-state index is 0.142. The van der Waals surface area contributed by atoms with E-state index in [1.807, 2.05) is 0 Å². The molecule has 1 aliphatic carbocycles. The van der Waals surface area contributed by atoms with Gasteiger partial charge in [0.15, 0.2) is 11.6 Å². The molecule has 1 fully saturated rings. The smallest absolute Gasteiger partial charge is 0.177 e. The first-order valence-electron chi connectivity index (χ1n) is 10.6. The van der Waals surface area contributed by atoms with Crippen molar-refractivity contribution < 1.29 is 30.0 Å². The molecular formula is C23H24N6O6. The van der Waals surface area contributed by atoms with E-state index < -0.39 is 52.5 Å². The molecule has 0 bridgehead atoms. The van der Waals surface area contributed by atoms with Crippen LogP contribution in [0.4, 0.5) is 0 Å². The van der Waals surface area contributed by atoms with Gasteiger partial charge in [0.25, 0.3) is 0 Å². The number of azide groups is 2. The second-order valence-corrected chi connectivity index (χ2v) is 8.80. The van der Waals surface area contributed by atoms with Gasteiger partial charge in [-0.3, -0.25) is 9.59 Å². The molecule has 0 amide bonds. The highest BCUT2D eigenvalue weighted by Gasteiger charge is 2.88. The van der Waals surface area contributed by atoms with Crippen molar-refractivity contribution in [2.45, 2.75) is 49.3 Å². The molecule has 0 saturated heterocycles. The molecule has 6 atom stereocenters. The molecule has 0 aliphatic heterocycles. The van der Waals surface area contributed by atoms with Crippen LogP contribution in [0.5, 0.6) is 0 Å². The monoisotopic (exact) mass is 480 g/mol. The Bertz CT molecular complexity index is 1120. The van der Waals surface area contributed by atoms with Gasteiger partial charge in [-0.25, -0.2) is 0 Å². The van der Waals surface area contributed by atoms with Crippen molar-refractivity contribution >= 4 is 11.6 Å². The van der Waals surface area contributed by atoms with Crippen molar-refractivity contribution in [1.29, 1.82) is 0 Å². The number of rotatable bonds is 10. The molecule has 2 unspecified atom stereocenters. The number of hydrogen-bond donors (Lipinski definition) is 4. The molecule has 12 heteroatoms. The third kappa shape index (κ3) is 3.84. The van der Waals surface area contributed by atoms with Crippen molar-refractivity contribution in [3.05, 3.63) is 92.7 Å². The largest absolute Gasteiger partial charge is 0.385 e. The predicted molar refractivity (Wildman–Crippen MR) is 122 cm³/mol. The first-order valence-corrected chi connectivity index (χ1v) is 10.6. The number of ketones is 2. The normalized spacial score (nSPS) is 25.7. The molecule has 4 N–H and O–H groups in total. The predicted octanol–water partition coefficient (Wildman–Crippen LogP) is 2.45. The Kier molecular flexibility index (Phi) is 7.00. The molecule has 1 saturated carbocycles. The van der Waals surface area contributed by atoms with Gasteiger partial charge in [0.05, 0.1) is 0 Å². The first kappa shape index (κ1) is 25.9. The molecule has 12 nitrogen and oxygen atoms in total. The Labute approximate surface area is 199 Å². The summed E-state index contributed by atoms with van der Waals surface area (Å²) in [6.45, 7) is 2.55. The summed E-state index contributed by atoms with van der Waals surface area (Å²) in [5.74, 6) is -2.28. The quantitative estimate of drug-likeness (QED) is 0.227. The minimum atomic E-state index is -2.63.